The van der Waals surface area contributed by atoms with Crippen LogP contribution in [-0.4, -0.2) is 15.3 Å². The minimum absolute atomic E-state index is 0.0267. The van der Waals surface area contributed by atoms with Crippen molar-refractivity contribution >= 4 is 16.6 Å². The van der Waals surface area contributed by atoms with Gasteiger partial charge in [0.05, 0.1) is 6.33 Å². The van der Waals surface area contributed by atoms with Crippen LogP contribution in [0.1, 0.15) is 27.3 Å². The van der Waals surface area contributed by atoms with Gasteiger partial charge in [-0.2, -0.15) is 0 Å². The smallest absolute Gasteiger partial charge is 0.213 e. The van der Waals surface area contributed by atoms with Gasteiger partial charge in [0, 0.05) is 17.8 Å². The van der Waals surface area contributed by atoms with E-state index in [-0.39, 0.29) is 5.78 Å². The van der Waals surface area contributed by atoms with Crippen LogP contribution in [-0.2, 0) is 6.54 Å². The molecule has 1 aromatic heterocycles. The van der Waals surface area contributed by atoms with Gasteiger partial charge in [-0.05, 0) is 23.3 Å². The molecule has 4 rings (SSSR count). The number of hydrogen-bond donors (Lipinski definition) is 0. The summed E-state index contributed by atoms with van der Waals surface area (Å²) in [5, 5.41) is 2.03. The number of aromatic nitrogens is 2. The predicted octanol–water partition coefficient (Wildman–Crippen LogP) is 4.62. The Labute approximate surface area is 146 Å². The Kier molecular flexibility index (Phi) is 3.90. The molecule has 0 aliphatic carbocycles. The average molecular weight is 326 g/mol. The minimum Gasteiger partial charge on any atom is -0.330 e. The van der Waals surface area contributed by atoms with Gasteiger partial charge in [-0.25, -0.2) is 4.98 Å². The quantitative estimate of drug-likeness (QED) is 0.513. The molecule has 4 aromatic rings. The maximum Gasteiger partial charge on any atom is 0.213 e. The summed E-state index contributed by atoms with van der Waals surface area (Å²) in [7, 11) is 0. The number of carbonyl (C=O) groups excluding carboxylic acids is 1. The van der Waals surface area contributed by atoms with Gasteiger partial charge in [0.2, 0.25) is 5.78 Å². The van der Waals surface area contributed by atoms with Crippen molar-refractivity contribution < 1.29 is 4.79 Å². The van der Waals surface area contributed by atoms with Crippen molar-refractivity contribution in [1.29, 1.82) is 0 Å². The van der Waals surface area contributed by atoms with Crippen LogP contribution in [0.5, 0.6) is 0 Å². The summed E-state index contributed by atoms with van der Waals surface area (Å²) >= 11 is 0. The molecule has 0 fully saturated rings. The molecule has 3 heteroatoms. The highest BCUT2D eigenvalue weighted by molar-refractivity contribution is 6.16. The van der Waals surface area contributed by atoms with E-state index in [4.69, 9.17) is 0 Å². The highest BCUT2D eigenvalue weighted by Gasteiger charge is 2.18. The number of hydrogen-bond acceptors (Lipinski definition) is 2. The standard InChI is InChI=1S/C22H18N2O/c1-16-21(23-15-24(16)14-17-8-3-2-4-9-17)22(25)20-13-7-11-18-10-5-6-12-19(18)20/h2-13,15H,14H2,1H3. The van der Waals surface area contributed by atoms with Crippen molar-refractivity contribution in [3.8, 4) is 0 Å². The number of nitrogens with zero attached hydrogens (tertiary/aromatic N) is 2. The van der Waals surface area contributed by atoms with E-state index < -0.39 is 0 Å². The molecule has 0 saturated heterocycles. The molecule has 25 heavy (non-hydrogen) atoms. The van der Waals surface area contributed by atoms with E-state index in [0.717, 1.165) is 16.5 Å². The molecule has 3 nitrogen and oxygen atoms in total. The molecule has 122 valence electrons. The van der Waals surface area contributed by atoms with Crippen LogP contribution in [0.3, 0.4) is 0 Å². The summed E-state index contributed by atoms with van der Waals surface area (Å²) in [4.78, 5) is 17.5. The molecule has 0 atom stereocenters. The van der Waals surface area contributed by atoms with Crippen molar-refractivity contribution in [2.24, 2.45) is 0 Å². The number of fused-ring (bicyclic) bond motifs is 1. The Morgan fingerprint density at radius 3 is 2.48 bits per heavy atom. The first-order valence-electron chi connectivity index (χ1n) is 8.32. The molecule has 0 aliphatic rings. The van der Waals surface area contributed by atoms with E-state index in [9.17, 15) is 4.79 Å². The average Bonchev–Trinajstić information content (AvgIpc) is 3.02. The van der Waals surface area contributed by atoms with E-state index in [0.29, 0.717) is 17.8 Å². The Balaban J connectivity index is 1.71. The van der Waals surface area contributed by atoms with E-state index in [1.807, 2.05) is 72.2 Å². The van der Waals surface area contributed by atoms with Crippen molar-refractivity contribution in [2.45, 2.75) is 13.5 Å². The lowest BCUT2D eigenvalue weighted by molar-refractivity contribution is 0.103. The molecule has 0 saturated carbocycles. The summed E-state index contributed by atoms with van der Waals surface area (Å²) in [5.74, 6) is -0.0267. The third kappa shape index (κ3) is 2.85. The van der Waals surface area contributed by atoms with Gasteiger partial charge in [-0.1, -0.05) is 72.8 Å². The lowest BCUT2D eigenvalue weighted by Crippen LogP contribution is -2.07. The topological polar surface area (TPSA) is 34.9 Å². The predicted molar refractivity (Wildman–Crippen MR) is 99.9 cm³/mol. The third-order valence-corrected chi connectivity index (χ3v) is 4.54. The highest BCUT2D eigenvalue weighted by atomic mass is 16.1. The largest absolute Gasteiger partial charge is 0.330 e. The van der Waals surface area contributed by atoms with Crippen LogP contribution in [0.2, 0.25) is 0 Å². The lowest BCUT2D eigenvalue weighted by Gasteiger charge is -2.07. The van der Waals surface area contributed by atoms with E-state index in [1.54, 1.807) is 6.33 Å². The molecule has 0 radical (unpaired) electrons. The van der Waals surface area contributed by atoms with Crippen LogP contribution in [0.25, 0.3) is 10.8 Å². The number of ketones is 1. The lowest BCUT2D eigenvalue weighted by atomic mass is 9.99. The van der Waals surface area contributed by atoms with Crippen LogP contribution < -0.4 is 0 Å². The van der Waals surface area contributed by atoms with Crippen LogP contribution >= 0.6 is 0 Å². The van der Waals surface area contributed by atoms with Crippen molar-refractivity contribution in [3.05, 3.63) is 102 Å². The molecule has 0 N–H and O–H groups in total. The first kappa shape index (κ1) is 15.3. The summed E-state index contributed by atoms with van der Waals surface area (Å²) in [6.45, 7) is 2.66. The molecule has 1 heterocycles. The van der Waals surface area contributed by atoms with Crippen molar-refractivity contribution in [3.63, 3.8) is 0 Å². The van der Waals surface area contributed by atoms with Gasteiger partial charge in [0.1, 0.15) is 5.69 Å². The maximum absolute atomic E-state index is 13.1. The number of benzene rings is 3. The Morgan fingerprint density at radius 1 is 0.920 bits per heavy atom. The van der Waals surface area contributed by atoms with E-state index in [1.165, 1.54) is 5.56 Å². The molecular weight excluding hydrogens is 308 g/mol. The van der Waals surface area contributed by atoms with Gasteiger partial charge in [-0.15, -0.1) is 0 Å². The zero-order valence-electron chi connectivity index (χ0n) is 14.0. The summed E-state index contributed by atoms with van der Waals surface area (Å²) in [6, 6.07) is 24.0. The second-order valence-corrected chi connectivity index (χ2v) is 6.15. The van der Waals surface area contributed by atoms with Gasteiger partial charge in [0.15, 0.2) is 0 Å². The van der Waals surface area contributed by atoms with Crippen LogP contribution in [0.15, 0.2) is 79.1 Å². The zero-order chi connectivity index (χ0) is 17.2. The molecule has 0 spiro atoms. The molecule has 3 aromatic carbocycles. The first-order valence-corrected chi connectivity index (χ1v) is 8.32. The fourth-order valence-electron chi connectivity index (χ4n) is 3.16. The summed E-state index contributed by atoms with van der Waals surface area (Å²) in [5.41, 5.74) is 3.30. The van der Waals surface area contributed by atoms with Gasteiger partial charge < -0.3 is 4.57 Å². The second-order valence-electron chi connectivity index (χ2n) is 6.15. The number of carbonyl (C=O) groups is 1. The van der Waals surface area contributed by atoms with Gasteiger partial charge in [-0.3, -0.25) is 4.79 Å². The fraction of sp³-hybridized carbons (Fsp3) is 0.0909. The summed E-state index contributed by atoms with van der Waals surface area (Å²) in [6.07, 6.45) is 1.75. The molecular formula is C22H18N2O. The maximum atomic E-state index is 13.1. The monoisotopic (exact) mass is 326 g/mol. The zero-order valence-corrected chi connectivity index (χ0v) is 14.0. The molecule has 0 aliphatic heterocycles. The summed E-state index contributed by atoms with van der Waals surface area (Å²) < 4.78 is 2.02. The van der Waals surface area contributed by atoms with Crippen molar-refractivity contribution in [1.82, 2.24) is 9.55 Å². The third-order valence-electron chi connectivity index (χ3n) is 4.54. The van der Waals surface area contributed by atoms with E-state index in [2.05, 4.69) is 17.1 Å². The van der Waals surface area contributed by atoms with E-state index >= 15 is 0 Å². The molecule has 0 amide bonds. The fourth-order valence-corrected chi connectivity index (χ4v) is 3.16. The number of rotatable bonds is 4. The normalized spacial score (nSPS) is 10.9. The Bertz CT molecular complexity index is 1040. The minimum atomic E-state index is -0.0267. The molecule has 0 unspecified atom stereocenters. The van der Waals surface area contributed by atoms with Gasteiger partial charge >= 0.3 is 0 Å². The van der Waals surface area contributed by atoms with Crippen LogP contribution in [0, 0.1) is 6.92 Å². The Morgan fingerprint density at radius 2 is 1.64 bits per heavy atom. The van der Waals surface area contributed by atoms with Crippen molar-refractivity contribution in [2.75, 3.05) is 0 Å². The highest BCUT2D eigenvalue weighted by Crippen LogP contribution is 2.22. The second kappa shape index (κ2) is 6.36. The van der Waals surface area contributed by atoms with Crippen LogP contribution in [0.4, 0.5) is 0 Å². The van der Waals surface area contributed by atoms with Gasteiger partial charge in [0.25, 0.3) is 0 Å². The SMILES string of the molecule is Cc1c(C(=O)c2cccc3ccccc23)ncn1Cc1ccccc1. The molecule has 0 bridgehead atoms. The number of imidazole rings is 1. The first-order chi connectivity index (χ1) is 12.2. The Hall–Kier alpha value is -3.20.